The molecule has 0 aliphatic rings. The van der Waals surface area contributed by atoms with Gasteiger partial charge in [-0.1, -0.05) is 18.2 Å². The molecule has 0 bridgehead atoms. The monoisotopic (exact) mass is 463 g/mol. The molecule has 2 aromatic carbocycles. The van der Waals surface area contributed by atoms with Crippen molar-refractivity contribution in [3.05, 3.63) is 94.8 Å². The smallest absolute Gasteiger partial charge is 0.257 e. The summed E-state index contributed by atoms with van der Waals surface area (Å²) in [5.41, 5.74) is 2.75. The van der Waals surface area contributed by atoms with Gasteiger partial charge in [0.15, 0.2) is 5.13 Å². The Balaban J connectivity index is 1.36. The number of amides is 2. The number of nitrogens with one attached hydrogen (secondary N) is 2. The van der Waals surface area contributed by atoms with Gasteiger partial charge < -0.3 is 9.88 Å². The number of anilines is 2. The Kier molecular flexibility index (Phi) is 6.89. The van der Waals surface area contributed by atoms with Crippen LogP contribution in [0.25, 0.3) is 0 Å². The summed E-state index contributed by atoms with van der Waals surface area (Å²) in [4.78, 5) is 34.3. The van der Waals surface area contributed by atoms with Crippen molar-refractivity contribution >= 4 is 34.0 Å². The highest BCUT2D eigenvalue weighted by Crippen LogP contribution is 2.26. The molecule has 0 aliphatic carbocycles. The van der Waals surface area contributed by atoms with E-state index in [4.69, 9.17) is 0 Å². The minimum absolute atomic E-state index is 0.151. The lowest BCUT2D eigenvalue weighted by Gasteiger charge is -2.08. The maximum atomic E-state index is 13.1. The quantitative estimate of drug-likeness (QED) is 0.398. The number of thiazole rings is 1. The third-order valence-electron chi connectivity index (χ3n) is 4.96. The molecule has 2 heterocycles. The molecule has 0 fully saturated rings. The lowest BCUT2D eigenvalue weighted by Crippen LogP contribution is -2.15. The summed E-state index contributed by atoms with van der Waals surface area (Å²) in [6.45, 7) is 2.40. The molecule has 9 heteroatoms. The molecule has 0 saturated heterocycles. The Morgan fingerprint density at radius 2 is 1.94 bits per heavy atom. The second-order valence-corrected chi connectivity index (χ2v) is 8.55. The number of hydrogen-bond donors (Lipinski definition) is 2. The average molecular weight is 464 g/mol. The van der Waals surface area contributed by atoms with Crippen LogP contribution in [0.3, 0.4) is 0 Å². The van der Waals surface area contributed by atoms with E-state index >= 15 is 0 Å². The number of carbonyl (C=O) groups excluding carboxylic acids is 2. The third kappa shape index (κ3) is 6.11. The van der Waals surface area contributed by atoms with Crippen LogP contribution in [-0.2, 0) is 17.8 Å². The molecule has 168 valence electrons. The number of nitrogens with zero attached hydrogens (tertiary/aromatic N) is 3. The number of aromatic nitrogens is 3. The van der Waals surface area contributed by atoms with Crippen molar-refractivity contribution in [3.63, 3.8) is 0 Å². The van der Waals surface area contributed by atoms with Crippen LogP contribution in [0.1, 0.15) is 32.9 Å². The normalized spacial score (nSPS) is 10.7. The van der Waals surface area contributed by atoms with Crippen molar-refractivity contribution in [2.75, 3.05) is 10.6 Å². The fraction of sp³-hybridized carbons (Fsp3) is 0.167. The molecule has 0 aliphatic heterocycles. The van der Waals surface area contributed by atoms with Crippen molar-refractivity contribution in [2.45, 2.75) is 26.3 Å². The summed E-state index contributed by atoms with van der Waals surface area (Å²) in [5.74, 6) is -0.738. The van der Waals surface area contributed by atoms with E-state index in [9.17, 15) is 14.0 Å². The first-order valence-corrected chi connectivity index (χ1v) is 11.2. The standard InChI is InChI=1S/C24H22FN5O2S/c1-16-21(13-17-5-7-19(25)8-6-17)33-24(27-16)29-23(32)18-3-2-4-20(14-18)28-22(31)9-11-30-12-10-26-15-30/h2-8,10,12,14-15H,9,11,13H2,1H3,(H,28,31)(H,27,29,32). The lowest BCUT2D eigenvalue weighted by atomic mass is 10.1. The highest BCUT2D eigenvalue weighted by molar-refractivity contribution is 7.15. The zero-order valence-electron chi connectivity index (χ0n) is 17.9. The molecule has 4 rings (SSSR count). The molecule has 33 heavy (non-hydrogen) atoms. The number of hydrogen-bond acceptors (Lipinski definition) is 5. The van der Waals surface area contributed by atoms with Crippen LogP contribution in [0.5, 0.6) is 0 Å². The van der Waals surface area contributed by atoms with E-state index in [1.54, 1.807) is 55.1 Å². The summed E-state index contributed by atoms with van der Waals surface area (Å²) in [7, 11) is 0. The van der Waals surface area contributed by atoms with Crippen LogP contribution in [0.15, 0.2) is 67.3 Å². The van der Waals surface area contributed by atoms with E-state index in [0.29, 0.717) is 35.8 Å². The molecule has 0 saturated carbocycles. The largest absolute Gasteiger partial charge is 0.337 e. The van der Waals surface area contributed by atoms with E-state index in [2.05, 4.69) is 20.6 Å². The average Bonchev–Trinajstić information content (AvgIpc) is 3.44. The fourth-order valence-corrected chi connectivity index (χ4v) is 4.21. The van der Waals surface area contributed by atoms with E-state index in [0.717, 1.165) is 16.1 Å². The summed E-state index contributed by atoms with van der Waals surface area (Å²) >= 11 is 1.39. The van der Waals surface area contributed by atoms with Gasteiger partial charge in [-0.15, -0.1) is 11.3 Å². The molecule has 4 aromatic rings. The van der Waals surface area contributed by atoms with Crippen molar-refractivity contribution < 1.29 is 14.0 Å². The maximum Gasteiger partial charge on any atom is 0.257 e. The van der Waals surface area contributed by atoms with Crippen LogP contribution >= 0.6 is 11.3 Å². The van der Waals surface area contributed by atoms with Gasteiger partial charge in [-0.3, -0.25) is 14.9 Å². The van der Waals surface area contributed by atoms with Crippen LogP contribution in [-0.4, -0.2) is 26.3 Å². The minimum Gasteiger partial charge on any atom is -0.337 e. The van der Waals surface area contributed by atoms with Gasteiger partial charge in [0.05, 0.1) is 12.0 Å². The maximum absolute atomic E-state index is 13.1. The van der Waals surface area contributed by atoms with Gasteiger partial charge in [-0.25, -0.2) is 14.4 Å². The molecule has 2 N–H and O–H groups in total. The Morgan fingerprint density at radius 3 is 2.70 bits per heavy atom. The molecule has 7 nitrogen and oxygen atoms in total. The highest BCUT2D eigenvalue weighted by atomic mass is 32.1. The molecule has 0 atom stereocenters. The van der Waals surface area contributed by atoms with Crippen molar-refractivity contribution in [2.24, 2.45) is 0 Å². The molecular weight excluding hydrogens is 441 g/mol. The van der Waals surface area contributed by atoms with E-state index in [-0.39, 0.29) is 17.6 Å². The predicted octanol–water partition coefficient (Wildman–Crippen LogP) is 4.66. The first kappa shape index (κ1) is 22.3. The minimum atomic E-state index is -0.313. The van der Waals surface area contributed by atoms with E-state index in [1.165, 1.54) is 23.5 Å². The van der Waals surface area contributed by atoms with Crippen molar-refractivity contribution in [1.29, 1.82) is 0 Å². The number of aryl methyl sites for hydroxylation is 2. The van der Waals surface area contributed by atoms with Crippen molar-refractivity contribution in [3.8, 4) is 0 Å². The highest BCUT2D eigenvalue weighted by Gasteiger charge is 2.13. The SMILES string of the molecule is Cc1nc(NC(=O)c2cccc(NC(=O)CCn3ccnc3)c2)sc1Cc1ccc(F)cc1. The molecule has 0 unspecified atom stereocenters. The van der Waals surface area contributed by atoms with Crippen LogP contribution in [0.4, 0.5) is 15.2 Å². The van der Waals surface area contributed by atoms with Gasteiger partial charge in [0.25, 0.3) is 5.91 Å². The summed E-state index contributed by atoms with van der Waals surface area (Å²) in [6.07, 6.45) is 6.02. The second kappa shape index (κ2) is 10.2. The molecular formula is C24H22FN5O2S. The van der Waals surface area contributed by atoms with Crippen molar-refractivity contribution in [1.82, 2.24) is 14.5 Å². The number of rotatable bonds is 8. The lowest BCUT2D eigenvalue weighted by molar-refractivity contribution is -0.116. The summed E-state index contributed by atoms with van der Waals surface area (Å²) < 4.78 is 14.9. The van der Waals surface area contributed by atoms with Gasteiger partial charge in [0, 0.05) is 47.9 Å². The number of carbonyl (C=O) groups is 2. The van der Waals surface area contributed by atoms with Gasteiger partial charge in [-0.05, 0) is 42.8 Å². The number of imidazole rings is 1. The van der Waals surface area contributed by atoms with Crippen LogP contribution in [0, 0.1) is 12.7 Å². The number of benzene rings is 2. The van der Waals surface area contributed by atoms with Gasteiger partial charge in [0.1, 0.15) is 5.82 Å². The Hall–Kier alpha value is -3.85. The molecule has 2 aromatic heterocycles. The number of halogens is 1. The summed E-state index contributed by atoms with van der Waals surface area (Å²) in [6, 6.07) is 13.1. The predicted molar refractivity (Wildman–Crippen MR) is 126 cm³/mol. The third-order valence-corrected chi connectivity index (χ3v) is 6.03. The topological polar surface area (TPSA) is 88.9 Å². The molecule has 2 amide bonds. The first-order valence-electron chi connectivity index (χ1n) is 10.3. The molecule has 0 spiro atoms. The Bertz CT molecular complexity index is 1250. The van der Waals surface area contributed by atoms with Gasteiger partial charge >= 0.3 is 0 Å². The second-order valence-electron chi connectivity index (χ2n) is 7.46. The first-order chi connectivity index (χ1) is 16.0. The molecule has 0 radical (unpaired) electrons. The van der Waals surface area contributed by atoms with E-state index in [1.807, 2.05) is 11.5 Å². The fourth-order valence-electron chi connectivity index (χ4n) is 3.21. The van der Waals surface area contributed by atoms with Crippen LogP contribution < -0.4 is 10.6 Å². The van der Waals surface area contributed by atoms with Gasteiger partial charge in [-0.2, -0.15) is 0 Å². The van der Waals surface area contributed by atoms with E-state index < -0.39 is 0 Å². The summed E-state index contributed by atoms with van der Waals surface area (Å²) in [5, 5.41) is 6.13. The zero-order chi connectivity index (χ0) is 23.2. The van der Waals surface area contributed by atoms with Gasteiger partial charge in [0.2, 0.25) is 5.91 Å². The Morgan fingerprint density at radius 1 is 1.12 bits per heavy atom. The Labute approximate surface area is 194 Å². The van der Waals surface area contributed by atoms with Crippen LogP contribution in [0.2, 0.25) is 0 Å². The zero-order valence-corrected chi connectivity index (χ0v) is 18.7.